The fraction of sp³-hybridized carbons (Fsp3) is 0.267. The molecule has 1 heterocycles. The highest BCUT2D eigenvalue weighted by atomic mass is 35.5. The Morgan fingerprint density at radius 1 is 1.33 bits per heavy atom. The molecule has 110 valence electrons. The van der Waals surface area contributed by atoms with Gasteiger partial charge in [0.2, 0.25) is 5.88 Å². The van der Waals surface area contributed by atoms with Crippen molar-refractivity contribution < 1.29 is 13.5 Å². The molecule has 21 heavy (non-hydrogen) atoms. The third-order valence-electron chi connectivity index (χ3n) is 3.40. The lowest BCUT2D eigenvalue weighted by molar-refractivity contribution is 0.173. The second kappa shape index (κ2) is 5.15. The molecule has 1 aliphatic rings. The molecule has 1 fully saturated rings. The molecule has 0 atom stereocenters. The van der Waals surface area contributed by atoms with Crippen LogP contribution in [0.1, 0.15) is 12.8 Å². The average molecular weight is 311 g/mol. The van der Waals surface area contributed by atoms with Crippen LogP contribution in [0.5, 0.6) is 5.88 Å². The second-order valence-electron chi connectivity index (χ2n) is 5.18. The van der Waals surface area contributed by atoms with Crippen molar-refractivity contribution in [3.8, 4) is 17.0 Å². The molecule has 2 N–H and O–H groups in total. The summed E-state index contributed by atoms with van der Waals surface area (Å²) < 4.78 is 32.2. The van der Waals surface area contributed by atoms with Gasteiger partial charge >= 0.3 is 0 Å². The van der Waals surface area contributed by atoms with Crippen molar-refractivity contribution in [1.82, 2.24) is 4.98 Å². The quantitative estimate of drug-likeness (QED) is 0.868. The first-order valence-corrected chi connectivity index (χ1v) is 6.87. The van der Waals surface area contributed by atoms with Gasteiger partial charge in [-0.15, -0.1) is 0 Å². The van der Waals surface area contributed by atoms with E-state index in [1.807, 2.05) is 0 Å². The number of nitrogens with zero attached hydrogens (tertiary/aromatic N) is 1. The van der Waals surface area contributed by atoms with Gasteiger partial charge in [0.05, 0.1) is 10.7 Å². The van der Waals surface area contributed by atoms with Crippen molar-refractivity contribution in [2.24, 2.45) is 0 Å². The predicted octanol–water partition coefficient (Wildman–Crippen LogP) is 4.00. The fourth-order valence-corrected chi connectivity index (χ4v) is 2.17. The molecule has 1 saturated carbocycles. The average Bonchev–Trinajstić information content (AvgIpc) is 3.20. The monoisotopic (exact) mass is 310 g/mol. The van der Waals surface area contributed by atoms with Crippen LogP contribution in [0.25, 0.3) is 11.1 Å². The molecule has 0 spiro atoms. The van der Waals surface area contributed by atoms with Gasteiger partial charge in [-0.25, -0.2) is 13.8 Å². The van der Waals surface area contributed by atoms with Crippen molar-refractivity contribution in [2.45, 2.75) is 18.5 Å². The van der Waals surface area contributed by atoms with Crippen LogP contribution in [0.4, 0.5) is 14.5 Å². The summed E-state index contributed by atoms with van der Waals surface area (Å²) in [4.78, 5) is 4.08. The van der Waals surface area contributed by atoms with E-state index in [0.29, 0.717) is 34.9 Å². The number of benzene rings is 1. The Morgan fingerprint density at radius 2 is 2.10 bits per heavy atom. The van der Waals surface area contributed by atoms with Gasteiger partial charge < -0.3 is 10.5 Å². The van der Waals surface area contributed by atoms with Gasteiger partial charge in [-0.1, -0.05) is 11.6 Å². The molecule has 1 aromatic heterocycles. The van der Waals surface area contributed by atoms with Gasteiger partial charge in [-0.3, -0.25) is 0 Å². The fourth-order valence-electron chi connectivity index (χ4n) is 1.89. The summed E-state index contributed by atoms with van der Waals surface area (Å²) in [5.41, 5.74) is 5.38. The summed E-state index contributed by atoms with van der Waals surface area (Å²) in [6, 6.07) is 5.91. The van der Waals surface area contributed by atoms with Crippen LogP contribution in [0.2, 0.25) is 5.02 Å². The lowest BCUT2D eigenvalue weighted by atomic mass is 10.1. The minimum Gasteiger partial charge on any atom is -0.474 e. The number of hydrogen-bond acceptors (Lipinski definition) is 3. The standard InChI is InChI=1S/C15H13ClF2N2O/c16-11-6-13(19)12(17)5-10(11)9-1-2-14(20-7-9)21-8-15(18)3-4-15/h1-2,5-7H,3-4,8,19H2. The Hall–Kier alpha value is -1.88. The Bertz CT molecular complexity index is 672. The van der Waals surface area contributed by atoms with Crippen LogP contribution >= 0.6 is 11.6 Å². The number of ether oxygens (including phenoxy) is 1. The SMILES string of the molecule is Nc1cc(Cl)c(-c2ccc(OCC3(F)CC3)nc2)cc1F. The summed E-state index contributed by atoms with van der Waals surface area (Å²) in [5, 5.41) is 0.338. The highest BCUT2D eigenvalue weighted by molar-refractivity contribution is 6.33. The zero-order valence-electron chi connectivity index (χ0n) is 11.1. The van der Waals surface area contributed by atoms with Gasteiger partial charge in [0, 0.05) is 23.4 Å². The number of anilines is 1. The van der Waals surface area contributed by atoms with Crippen LogP contribution in [-0.4, -0.2) is 17.3 Å². The van der Waals surface area contributed by atoms with E-state index in [1.54, 1.807) is 12.1 Å². The molecular weight excluding hydrogens is 298 g/mol. The number of rotatable bonds is 4. The van der Waals surface area contributed by atoms with Gasteiger partial charge in [0.25, 0.3) is 0 Å². The molecule has 0 radical (unpaired) electrons. The third kappa shape index (κ3) is 3.08. The number of nitrogen functional groups attached to an aromatic ring is 1. The van der Waals surface area contributed by atoms with E-state index in [2.05, 4.69) is 4.98 Å². The maximum Gasteiger partial charge on any atom is 0.213 e. The first kappa shape index (κ1) is 14.1. The van der Waals surface area contributed by atoms with Gasteiger partial charge in [-0.2, -0.15) is 0 Å². The maximum atomic E-state index is 13.5. The Kier molecular flexibility index (Phi) is 3.45. The summed E-state index contributed by atoms with van der Waals surface area (Å²) in [6.07, 6.45) is 2.57. The van der Waals surface area contributed by atoms with Crippen molar-refractivity contribution in [3.63, 3.8) is 0 Å². The molecule has 0 unspecified atom stereocenters. The van der Waals surface area contributed by atoms with Crippen LogP contribution in [0.15, 0.2) is 30.5 Å². The van der Waals surface area contributed by atoms with E-state index < -0.39 is 11.5 Å². The number of alkyl halides is 1. The molecule has 0 bridgehead atoms. The lowest BCUT2D eigenvalue weighted by Crippen LogP contribution is -2.13. The molecule has 0 amide bonds. The number of aromatic nitrogens is 1. The minimum absolute atomic E-state index is 0.00524. The van der Waals surface area contributed by atoms with Gasteiger partial charge in [0.15, 0.2) is 0 Å². The first-order valence-electron chi connectivity index (χ1n) is 6.49. The minimum atomic E-state index is -1.19. The first-order chi connectivity index (χ1) is 9.97. The zero-order chi connectivity index (χ0) is 15.0. The Balaban J connectivity index is 1.79. The molecule has 2 aromatic rings. The molecule has 6 heteroatoms. The van der Waals surface area contributed by atoms with Crippen LogP contribution in [0, 0.1) is 5.82 Å². The van der Waals surface area contributed by atoms with Crippen LogP contribution < -0.4 is 10.5 Å². The van der Waals surface area contributed by atoms with Crippen molar-refractivity contribution in [1.29, 1.82) is 0 Å². The van der Waals surface area contributed by atoms with E-state index in [0.717, 1.165) is 0 Å². The van der Waals surface area contributed by atoms with Gasteiger partial charge in [0.1, 0.15) is 18.1 Å². The number of nitrogens with two attached hydrogens (primary N) is 1. The smallest absolute Gasteiger partial charge is 0.213 e. The van der Waals surface area contributed by atoms with Crippen molar-refractivity contribution in [3.05, 3.63) is 41.3 Å². The van der Waals surface area contributed by atoms with Crippen LogP contribution in [0.3, 0.4) is 0 Å². The molecule has 1 aromatic carbocycles. The number of pyridine rings is 1. The second-order valence-corrected chi connectivity index (χ2v) is 5.59. The Morgan fingerprint density at radius 3 is 2.71 bits per heavy atom. The van der Waals surface area contributed by atoms with E-state index in [-0.39, 0.29) is 12.3 Å². The highest BCUT2D eigenvalue weighted by Crippen LogP contribution is 2.40. The normalized spacial score (nSPS) is 15.8. The largest absolute Gasteiger partial charge is 0.474 e. The lowest BCUT2D eigenvalue weighted by Gasteiger charge is -2.09. The molecule has 0 aliphatic heterocycles. The van der Waals surface area contributed by atoms with Crippen LogP contribution in [-0.2, 0) is 0 Å². The molecule has 3 rings (SSSR count). The van der Waals surface area contributed by atoms with Crippen molar-refractivity contribution in [2.75, 3.05) is 12.3 Å². The Labute approximate surface area is 125 Å². The van der Waals surface area contributed by atoms with E-state index in [4.69, 9.17) is 22.1 Å². The highest BCUT2D eigenvalue weighted by Gasteiger charge is 2.44. The predicted molar refractivity (Wildman–Crippen MR) is 77.6 cm³/mol. The summed E-state index contributed by atoms with van der Waals surface area (Å²) >= 11 is 6.05. The maximum absolute atomic E-state index is 13.5. The van der Waals surface area contributed by atoms with Gasteiger partial charge in [-0.05, 0) is 31.0 Å². The van der Waals surface area contributed by atoms with E-state index in [9.17, 15) is 8.78 Å². The number of hydrogen-bond donors (Lipinski definition) is 1. The topological polar surface area (TPSA) is 48.1 Å². The third-order valence-corrected chi connectivity index (χ3v) is 3.72. The summed E-state index contributed by atoms with van der Waals surface area (Å²) in [7, 11) is 0. The number of halogens is 3. The molecule has 1 aliphatic carbocycles. The zero-order valence-corrected chi connectivity index (χ0v) is 11.8. The summed E-state index contributed by atoms with van der Waals surface area (Å²) in [6.45, 7) is 0.0105. The molecule has 3 nitrogen and oxygen atoms in total. The van der Waals surface area contributed by atoms with E-state index in [1.165, 1.54) is 18.3 Å². The molecular formula is C15H13ClF2N2O. The summed E-state index contributed by atoms with van der Waals surface area (Å²) in [5.74, 6) is -0.211. The van der Waals surface area contributed by atoms with E-state index >= 15 is 0 Å². The molecule has 0 saturated heterocycles. The van der Waals surface area contributed by atoms with Crippen molar-refractivity contribution >= 4 is 17.3 Å².